The van der Waals surface area contributed by atoms with E-state index in [-0.39, 0.29) is 5.91 Å². The summed E-state index contributed by atoms with van der Waals surface area (Å²) in [6.07, 6.45) is 5.39. The SMILES string of the molecule is Cc1cn[nH]c1C1CCN(C(=O)c2ccc(N3CCCC3)cc2)C1. The van der Waals surface area contributed by atoms with Crippen molar-refractivity contribution in [2.45, 2.75) is 32.1 Å². The summed E-state index contributed by atoms with van der Waals surface area (Å²) in [5.74, 6) is 0.517. The molecule has 1 N–H and O–H groups in total. The van der Waals surface area contributed by atoms with Gasteiger partial charge in [0.1, 0.15) is 0 Å². The van der Waals surface area contributed by atoms with Gasteiger partial charge in [-0.2, -0.15) is 5.10 Å². The number of hydrogen-bond donors (Lipinski definition) is 1. The molecule has 126 valence electrons. The molecule has 1 aromatic heterocycles. The number of aromatic nitrogens is 2. The largest absolute Gasteiger partial charge is 0.372 e. The minimum absolute atomic E-state index is 0.141. The van der Waals surface area contributed by atoms with Gasteiger partial charge in [0, 0.05) is 49.0 Å². The summed E-state index contributed by atoms with van der Waals surface area (Å²) < 4.78 is 0. The number of aromatic amines is 1. The Morgan fingerprint density at radius 1 is 1.17 bits per heavy atom. The van der Waals surface area contributed by atoms with Crippen molar-refractivity contribution >= 4 is 11.6 Å². The van der Waals surface area contributed by atoms with Gasteiger partial charge in [0.2, 0.25) is 0 Å². The molecule has 0 spiro atoms. The van der Waals surface area contributed by atoms with E-state index in [1.807, 2.05) is 23.2 Å². The van der Waals surface area contributed by atoms with Crippen LogP contribution < -0.4 is 4.90 Å². The number of rotatable bonds is 3. The molecule has 2 aliphatic rings. The van der Waals surface area contributed by atoms with E-state index in [1.54, 1.807) is 0 Å². The second-order valence-electron chi connectivity index (χ2n) is 6.94. The number of carbonyl (C=O) groups excluding carboxylic acids is 1. The van der Waals surface area contributed by atoms with Crippen LogP contribution in [0.4, 0.5) is 5.69 Å². The van der Waals surface area contributed by atoms with Crippen molar-refractivity contribution in [1.82, 2.24) is 15.1 Å². The highest BCUT2D eigenvalue weighted by atomic mass is 16.2. The maximum absolute atomic E-state index is 12.8. The molecule has 5 heteroatoms. The van der Waals surface area contributed by atoms with Gasteiger partial charge in [0.15, 0.2) is 0 Å². The number of H-pyrrole nitrogens is 1. The molecular formula is C19H24N4O. The van der Waals surface area contributed by atoms with E-state index in [0.29, 0.717) is 5.92 Å². The first-order chi connectivity index (χ1) is 11.7. The lowest BCUT2D eigenvalue weighted by Crippen LogP contribution is -2.28. The quantitative estimate of drug-likeness (QED) is 0.944. The molecule has 24 heavy (non-hydrogen) atoms. The maximum atomic E-state index is 12.8. The first kappa shape index (κ1) is 15.2. The lowest BCUT2D eigenvalue weighted by molar-refractivity contribution is 0.0790. The summed E-state index contributed by atoms with van der Waals surface area (Å²) in [5.41, 5.74) is 4.38. The minimum Gasteiger partial charge on any atom is -0.372 e. The highest BCUT2D eigenvalue weighted by Gasteiger charge is 2.29. The average molecular weight is 324 g/mol. The van der Waals surface area contributed by atoms with Gasteiger partial charge in [0.25, 0.3) is 5.91 Å². The summed E-state index contributed by atoms with van der Waals surface area (Å²) in [6.45, 7) is 5.92. The third-order valence-corrected chi connectivity index (χ3v) is 5.34. The summed E-state index contributed by atoms with van der Waals surface area (Å²) in [7, 11) is 0. The van der Waals surface area contributed by atoms with E-state index in [9.17, 15) is 4.79 Å². The molecule has 2 aliphatic heterocycles. The number of carbonyl (C=O) groups is 1. The Morgan fingerprint density at radius 2 is 1.92 bits per heavy atom. The van der Waals surface area contributed by atoms with Crippen LogP contribution in [0, 0.1) is 6.92 Å². The molecule has 0 aliphatic carbocycles. The van der Waals surface area contributed by atoms with Crippen LogP contribution in [0.3, 0.4) is 0 Å². The topological polar surface area (TPSA) is 52.2 Å². The van der Waals surface area contributed by atoms with Crippen LogP contribution >= 0.6 is 0 Å². The molecule has 1 aromatic carbocycles. The van der Waals surface area contributed by atoms with Crippen LogP contribution in [0.1, 0.15) is 46.8 Å². The fraction of sp³-hybridized carbons (Fsp3) is 0.474. The number of likely N-dealkylation sites (tertiary alicyclic amines) is 1. The van der Waals surface area contributed by atoms with Crippen LogP contribution in [-0.4, -0.2) is 47.2 Å². The smallest absolute Gasteiger partial charge is 0.253 e. The highest BCUT2D eigenvalue weighted by molar-refractivity contribution is 5.94. The number of anilines is 1. The Balaban J connectivity index is 1.43. The second kappa shape index (κ2) is 6.30. The van der Waals surface area contributed by atoms with E-state index in [0.717, 1.165) is 38.2 Å². The Kier molecular flexibility index (Phi) is 4.00. The van der Waals surface area contributed by atoms with Gasteiger partial charge < -0.3 is 9.80 Å². The van der Waals surface area contributed by atoms with Gasteiger partial charge in [-0.1, -0.05) is 0 Å². The molecule has 1 atom stereocenters. The Labute approximate surface area is 142 Å². The van der Waals surface area contributed by atoms with Gasteiger partial charge in [-0.15, -0.1) is 0 Å². The second-order valence-corrected chi connectivity index (χ2v) is 6.94. The number of amides is 1. The normalized spacial score (nSPS) is 20.8. The Bertz CT molecular complexity index is 715. The molecule has 5 nitrogen and oxygen atoms in total. The lowest BCUT2D eigenvalue weighted by atomic mass is 10.0. The molecule has 0 radical (unpaired) electrons. The van der Waals surface area contributed by atoms with Crippen molar-refractivity contribution in [1.29, 1.82) is 0 Å². The van der Waals surface area contributed by atoms with Crippen molar-refractivity contribution in [3.05, 3.63) is 47.3 Å². The Morgan fingerprint density at radius 3 is 2.58 bits per heavy atom. The van der Waals surface area contributed by atoms with E-state index in [1.165, 1.54) is 29.8 Å². The number of aryl methyl sites for hydroxylation is 1. The van der Waals surface area contributed by atoms with Crippen molar-refractivity contribution in [2.75, 3.05) is 31.1 Å². The predicted molar refractivity (Wildman–Crippen MR) is 94.5 cm³/mol. The molecule has 1 amide bonds. The third-order valence-electron chi connectivity index (χ3n) is 5.34. The van der Waals surface area contributed by atoms with Gasteiger partial charge in [-0.3, -0.25) is 9.89 Å². The molecule has 2 fully saturated rings. The number of hydrogen-bond acceptors (Lipinski definition) is 3. The highest BCUT2D eigenvalue weighted by Crippen LogP contribution is 2.29. The van der Waals surface area contributed by atoms with E-state index in [4.69, 9.17) is 0 Å². The van der Waals surface area contributed by atoms with Crippen LogP contribution in [0.2, 0.25) is 0 Å². The molecular weight excluding hydrogens is 300 g/mol. The zero-order chi connectivity index (χ0) is 16.5. The van der Waals surface area contributed by atoms with Gasteiger partial charge >= 0.3 is 0 Å². The van der Waals surface area contributed by atoms with Gasteiger partial charge in [0.05, 0.1) is 6.20 Å². The lowest BCUT2D eigenvalue weighted by Gasteiger charge is -2.19. The molecule has 0 saturated carbocycles. The zero-order valence-corrected chi connectivity index (χ0v) is 14.2. The fourth-order valence-corrected chi connectivity index (χ4v) is 3.92. The third kappa shape index (κ3) is 2.79. The van der Waals surface area contributed by atoms with E-state index < -0.39 is 0 Å². The van der Waals surface area contributed by atoms with Crippen molar-refractivity contribution in [3.63, 3.8) is 0 Å². The maximum Gasteiger partial charge on any atom is 0.253 e. The summed E-state index contributed by atoms with van der Waals surface area (Å²) in [4.78, 5) is 17.1. The number of benzene rings is 1. The van der Waals surface area contributed by atoms with E-state index in [2.05, 4.69) is 34.2 Å². The standard InChI is InChI=1S/C19H24N4O/c1-14-12-20-21-18(14)16-8-11-23(13-16)19(24)15-4-6-17(7-5-15)22-9-2-3-10-22/h4-7,12,16H,2-3,8-11,13H2,1H3,(H,20,21). The average Bonchev–Trinajstić information content (AvgIpc) is 3.35. The monoisotopic (exact) mass is 324 g/mol. The van der Waals surface area contributed by atoms with Gasteiger partial charge in [-0.25, -0.2) is 0 Å². The molecule has 1 unspecified atom stereocenters. The van der Waals surface area contributed by atoms with Crippen LogP contribution in [-0.2, 0) is 0 Å². The van der Waals surface area contributed by atoms with Crippen LogP contribution in [0.5, 0.6) is 0 Å². The van der Waals surface area contributed by atoms with Crippen molar-refractivity contribution in [2.24, 2.45) is 0 Å². The van der Waals surface area contributed by atoms with E-state index >= 15 is 0 Å². The first-order valence-electron chi connectivity index (χ1n) is 8.86. The molecule has 2 saturated heterocycles. The van der Waals surface area contributed by atoms with Gasteiger partial charge in [-0.05, 0) is 56.0 Å². The minimum atomic E-state index is 0.141. The molecule has 2 aromatic rings. The number of nitrogens with one attached hydrogen (secondary N) is 1. The Hall–Kier alpha value is -2.30. The summed E-state index contributed by atoms with van der Waals surface area (Å²) >= 11 is 0. The zero-order valence-electron chi connectivity index (χ0n) is 14.2. The molecule has 0 bridgehead atoms. The summed E-state index contributed by atoms with van der Waals surface area (Å²) in [5, 5.41) is 7.20. The van der Waals surface area contributed by atoms with Crippen molar-refractivity contribution < 1.29 is 4.79 Å². The predicted octanol–water partition coefficient (Wildman–Crippen LogP) is 2.95. The van der Waals surface area contributed by atoms with Crippen LogP contribution in [0.15, 0.2) is 30.5 Å². The number of nitrogens with zero attached hydrogens (tertiary/aromatic N) is 3. The summed E-state index contributed by atoms with van der Waals surface area (Å²) in [6, 6.07) is 8.13. The fourth-order valence-electron chi connectivity index (χ4n) is 3.92. The first-order valence-corrected chi connectivity index (χ1v) is 8.86. The van der Waals surface area contributed by atoms with Crippen molar-refractivity contribution in [3.8, 4) is 0 Å². The molecule has 3 heterocycles. The van der Waals surface area contributed by atoms with Crippen LogP contribution in [0.25, 0.3) is 0 Å². The molecule has 4 rings (SSSR count).